The van der Waals surface area contributed by atoms with Crippen molar-refractivity contribution >= 4 is 22.3 Å². The van der Waals surface area contributed by atoms with E-state index in [1.807, 2.05) is 7.05 Å². The zero-order valence-corrected chi connectivity index (χ0v) is 25.9. The first-order valence-corrected chi connectivity index (χ1v) is 16.1. The molecular formula is C28H57NO9S. The molecule has 0 aromatic carbocycles. The third kappa shape index (κ3) is 31.1. The molecule has 0 rings (SSSR count). The van der Waals surface area contributed by atoms with E-state index in [4.69, 9.17) is 9.47 Å². The SMILES string of the molecule is CCCCCCCCCC(=O)OCC[N+](C)(CCO)CCOC(=O)CCCCCCCCC.COS(=O)(=O)[O-]. The summed E-state index contributed by atoms with van der Waals surface area (Å²) in [4.78, 5) is 24.0. The quantitative estimate of drug-likeness (QED) is 0.0523. The van der Waals surface area contributed by atoms with Gasteiger partial charge in [-0.05, 0) is 12.8 Å². The molecule has 0 saturated carbocycles. The number of nitrogens with zero attached hydrogens (tertiary/aromatic N) is 1. The minimum Gasteiger partial charge on any atom is -0.726 e. The number of unbranched alkanes of at least 4 members (excludes halogenated alkanes) is 12. The maximum Gasteiger partial charge on any atom is 0.305 e. The number of ether oxygens (including phenoxy) is 2. The topological polar surface area (TPSA) is 139 Å². The zero-order valence-electron chi connectivity index (χ0n) is 25.1. The lowest BCUT2D eigenvalue weighted by molar-refractivity contribution is -0.910. The molecule has 234 valence electrons. The van der Waals surface area contributed by atoms with Gasteiger partial charge in [0.2, 0.25) is 10.4 Å². The van der Waals surface area contributed by atoms with Crippen LogP contribution in [-0.2, 0) is 33.6 Å². The van der Waals surface area contributed by atoms with Crippen LogP contribution >= 0.6 is 0 Å². The highest BCUT2D eigenvalue weighted by Crippen LogP contribution is 2.10. The lowest BCUT2D eigenvalue weighted by atomic mass is 10.1. The van der Waals surface area contributed by atoms with Crippen molar-refractivity contribution < 1.29 is 45.8 Å². The van der Waals surface area contributed by atoms with Gasteiger partial charge in [-0.15, -0.1) is 0 Å². The molecule has 0 fully saturated rings. The van der Waals surface area contributed by atoms with Crippen LogP contribution in [-0.4, -0.2) is 88.1 Å². The predicted molar refractivity (Wildman–Crippen MR) is 152 cm³/mol. The van der Waals surface area contributed by atoms with Crippen LogP contribution in [0, 0.1) is 0 Å². The number of likely N-dealkylation sites (N-methyl/N-ethyl adjacent to an activating group) is 1. The second kappa shape index (κ2) is 26.9. The Labute approximate surface area is 238 Å². The van der Waals surface area contributed by atoms with Gasteiger partial charge in [-0.1, -0.05) is 90.9 Å². The summed E-state index contributed by atoms with van der Waals surface area (Å²) in [6.45, 7) is 6.90. The highest BCUT2D eigenvalue weighted by molar-refractivity contribution is 7.80. The summed E-state index contributed by atoms with van der Waals surface area (Å²) in [7, 11) is -1.60. The molecule has 39 heavy (non-hydrogen) atoms. The number of esters is 2. The van der Waals surface area contributed by atoms with E-state index < -0.39 is 10.4 Å². The van der Waals surface area contributed by atoms with Gasteiger partial charge < -0.3 is 23.6 Å². The smallest absolute Gasteiger partial charge is 0.305 e. The summed E-state index contributed by atoms with van der Waals surface area (Å²) >= 11 is 0. The second-order valence-corrected chi connectivity index (χ2v) is 11.4. The van der Waals surface area contributed by atoms with Gasteiger partial charge >= 0.3 is 11.9 Å². The summed E-state index contributed by atoms with van der Waals surface area (Å²) in [5.41, 5.74) is 0. The second-order valence-electron chi connectivity index (χ2n) is 10.3. The van der Waals surface area contributed by atoms with Crippen LogP contribution in [0.1, 0.15) is 117 Å². The van der Waals surface area contributed by atoms with Crippen molar-refractivity contribution in [1.82, 2.24) is 0 Å². The normalized spacial score (nSPS) is 11.5. The summed E-state index contributed by atoms with van der Waals surface area (Å²) in [6, 6.07) is 0. The molecule has 0 radical (unpaired) electrons. The minimum absolute atomic E-state index is 0.0501. The Bertz CT molecular complexity index is 651. The Morgan fingerprint density at radius 3 is 1.33 bits per heavy atom. The van der Waals surface area contributed by atoms with E-state index in [1.165, 1.54) is 64.2 Å². The molecule has 0 heterocycles. The number of carbonyl (C=O) groups is 2. The average Bonchev–Trinajstić information content (AvgIpc) is 2.87. The van der Waals surface area contributed by atoms with Gasteiger partial charge in [-0.2, -0.15) is 0 Å². The van der Waals surface area contributed by atoms with E-state index in [9.17, 15) is 27.7 Å². The lowest BCUT2D eigenvalue weighted by Gasteiger charge is -2.33. The number of carbonyl (C=O) groups excluding carboxylic acids is 2. The molecule has 11 heteroatoms. The molecule has 0 aromatic rings. The van der Waals surface area contributed by atoms with Crippen LogP contribution in [0.5, 0.6) is 0 Å². The molecule has 0 aliphatic carbocycles. The van der Waals surface area contributed by atoms with Crippen LogP contribution in [0.15, 0.2) is 0 Å². The van der Waals surface area contributed by atoms with Crippen molar-refractivity contribution in [2.75, 3.05) is 53.6 Å². The lowest BCUT2D eigenvalue weighted by Crippen LogP contribution is -2.50. The Morgan fingerprint density at radius 2 is 1.03 bits per heavy atom. The van der Waals surface area contributed by atoms with Crippen molar-refractivity contribution in [3.63, 3.8) is 0 Å². The Hall–Kier alpha value is -1.27. The van der Waals surface area contributed by atoms with Crippen LogP contribution < -0.4 is 0 Å². The standard InChI is InChI=1S/C27H54NO5.CH4O4S/c1-4-6-8-10-12-14-16-18-26(30)32-24-21-28(3,20-23-29)22-25-33-27(31)19-17-15-13-11-9-7-5-2;1-5-6(2,3)4/h29H,4-25H2,1-3H3;1H3,(H,2,3,4)/q+1;/p-1. The summed E-state index contributed by atoms with van der Waals surface area (Å²) in [5, 5.41) is 9.43. The van der Waals surface area contributed by atoms with Gasteiger partial charge in [-0.3, -0.25) is 13.8 Å². The van der Waals surface area contributed by atoms with Gasteiger partial charge in [0.05, 0.1) is 20.8 Å². The van der Waals surface area contributed by atoms with Crippen molar-refractivity contribution in [1.29, 1.82) is 0 Å². The van der Waals surface area contributed by atoms with E-state index in [-0.39, 0.29) is 18.5 Å². The molecular weight excluding hydrogens is 526 g/mol. The van der Waals surface area contributed by atoms with E-state index in [2.05, 4.69) is 18.0 Å². The minimum atomic E-state index is -4.41. The fraction of sp³-hybridized carbons (Fsp3) is 0.929. The van der Waals surface area contributed by atoms with Gasteiger partial charge in [0.1, 0.15) is 32.8 Å². The highest BCUT2D eigenvalue weighted by atomic mass is 32.3. The van der Waals surface area contributed by atoms with Crippen LogP contribution in [0.2, 0.25) is 0 Å². The number of rotatable bonds is 25. The summed E-state index contributed by atoms with van der Waals surface area (Å²) in [6.07, 6.45) is 17.5. The van der Waals surface area contributed by atoms with Crippen LogP contribution in [0.4, 0.5) is 0 Å². The van der Waals surface area contributed by atoms with Gasteiger partial charge in [0.15, 0.2) is 0 Å². The first kappa shape index (κ1) is 39.9. The van der Waals surface area contributed by atoms with Crippen molar-refractivity contribution in [2.24, 2.45) is 0 Å². The van der Waals surface area contributed by atoms with Crippen molar-refractivity contribution in [3.05, 3.63) is 0 Å². The number of aliphatic hydroxyl groups excluding tert-OH is 1. The van der Waals surface area contributed by atoms with Crippen molar-refractivity contribution in [2.45, 2.75) is 117 Å². The summed E-state index contributed by atoms with van der Waals surface area (Å²) in [5.74, 6) is -0.277. The molecule has 0 atom stereocenters. The molecule has 0 unspecified atom stereocenters. The largest absolute Gasteiger partial charge is 0.726 e. The number of hydrogen-bond donors (Lipinski definition) is 1. The third-order valence-electron chi connectivity index (χ3n) is 6.60. The molecule has 0 aromatic heterocycles. The van der Waals surface area contributed by atoms with Crippen LogP contribution in [0.3, 0.4) is 0 Å². The molecule has 0 spiro atoms. The third-order valence-corrected chi connectivity index (χ3v) is 7.01. The fourth-order valence-electron chi connectivity index (χ4n) is 3.93. The number of aliphatic hydroxyl groups is 1. The molecule has 0 aliphatic rings. The molecule has 10 nitrogen and oxygen atoms in total. The van der Waals surface area contributed by atoms with E-state index in [0.29, 0.717) is 50.2 Å². The molecule has 0 saturated heterocycles. The molecule has 0 amide bonds. The highest BCUT2D eigenvalue weighted by Gasteiger charge is 2.22. The van der Waals surface area contributed by atoms with Gasteiger partial charge in [0, 0.05) is 12.8 Å². The van der Waals surface area contributed by atoms with Crippen LogP contribution in [0.25, 0.3) is 0 Å². The first-order valence-electron chi connectivity index (χ1n) is 14.8. The van der Waals surface area contributed by atoms with Gasteiger partial charge in [-0.25, -0.2) is 8.42 Å². The molecule has 1 N–H and O–H groups in total. The fourth-order valence-corrected chi connectivity index (χ4v) is 3.93. The Kier molecular flexibility index (Phi) is 27.5. The van der Waals surface area contributed by atoms with Crippen molar-refractivity contribution in [3.8, 4) is 0 Å². The zero-order chi connectivity index (χ0) is 29.8. The average molecular weight is 584 g/mol. The number of quaternary nitrogens is 1. The molecule has 0 aliphatic heterocycles. The monoisotopic (exact) mass is 583 g/mol. The Balaban J connectivity index is 0. The Morgan fingerprint density at radius 1 is 0.692 bits per heavy atom. The molecule has 0 bridgehead atoms. The van der Waals surface area contributed by atoms with Gasteiger partial charge in [0.25, 0.3) is 0 Å². The van der Waals surface area contributed by atoms with E-state index in [1.54, 1.807) is 0 Å². The predicted octanol–water partition coefficient (Wildman–Crippen LogP) is 4.89. The van der Waals surface area contributed by atoms with E-state index in [0.717, 1.165) is 32.8 Å². The first-order chi connectivity index (χ1) is 18.5. The van der Waals surface area contributed by atoms with E-state index >= 15 is 0 Å². The maximum atomic E-state index is 12.0. The maximum absolute atomic E-state index is 12.0. The number of hydrogen-bond acceptors (Lipinski definition) is 9. The summed E-state index contributed by atoms with van der Waals surface area (Å²) < 4.78 is 42.4.